The van der Waals surface area contributed by atoms with Crippen LogP contribution in [-0.2, 0) is 11.0 Å². The van der Waals surface area contributed by atoms with E-state index in [-0.39, 0.29) is 17.2 Å². The lowest BCUT2D eigenvalue weighted by Crippen LogP contribution is -2.45. The zero-order valence-corrected chi connectivity index (χ0v) is 15.8. The summed E-state index contributed by atoms with van der Waals surface area (Å²) < 4.78 is 44.4. The molecule has 8 nitrogen and oxygen atoms in total. The van der Waals surface area contributed by atoms with Gasteiger partial charge in [-0.25, -0.2) is 0 Å². The predicted molar refractivity (Wildman–Crippen MR) is 99.3 cm³/mol. The number of aliphatic hydroxyl groups is 1. The van der Waals surface area contributed by atoms with Crippen LogP contribution in [0.4, 0.5) is 24.5 Å². The minimum absolute atomic E-state index is 0.158. The number of amides is 1. The predicted octanol–water partition coefficient (Wildman–Crippen LogP) is 3.58. The molecule has 2 rings (SSSR count). The van der Waals surface area contributed by atoms with Crippen LogP contribution in [0, 0.1) is 10.1 Å². The summed E-state index contributed by atoms with van der Waals surface area (Å²) in [6, 6.07) is 7.83. The number of nitro groups is 1. The molecule has 0 fully saturated rings. The highest BCUT2D eigenvalue weighted by Gasteiger charge is 2.39. The van der Waals surface area contributed by atoms with Crippen LogP contribution in [0.5, 0.6) is 5.75 Å². The van der Waals surface area contributed by atoms with Crippen molar-refractivity contribution in [2.45, 2.75) is 25.6 Å². The summed E-state index contributed by atoms with van der Waals surface area (Å²) in [4.78, 5) is 33.1. The highest BCUT2D eigenvalue weighted by molar-refractivity contribution is 5.97. The van der Waals surface area contributed by atoms with E-state index in [4.69, 9.17) is 4.74 Å². The molecular weight excluding hydrogens is 409 g/mol. The van der Waals surface area contributed by atoms with Crippen molar-refractivity contribution in [1.82, 2.24) is 0 Å². The Kier molecular flexibility index (Phi) is 6.46. The van der Waals surface area contributed by atoms with Gasteiger partial charge >= 0.3 is 6.18 Å². The van der Waals surface area contributed by atoms with E-state index in [2.05, 4.69) is 5.32 Å². The van der Waals surface area contributed by atoms with Crippen molar-refractivity contribution < 1.29 is 37.5 Å². The van der Waals surface area contributed by atoms with Gasteiger partial charge in [0.15, 0.2) is 11.4 Å². The zero-order valence-electron chi connectivity index (χ0n) is 15.8. The Morgan fingerprint density at radius 3 is 2.27 bits per heavy atom. The molecule has 2 aromatic carbocycles. The number of ether oxygens (including phenoxy) is 1. The van der Waals surface area contributed by atoms with Crippen LogP contribution in [0.2, 0.25) is 0 Å². The number of carbonyl (C=O) groups is 2. The highest BCUT2D eigenvalue weighted by Crippen LogP contribution is 2.37. The van der Waals surface area contributed by atoms with Gasteiger partial charge in [-0.2, -0.15) is 13.2 Å². The standard InChI is InChI=1S/C19H17F3N2O6/c1-11(25)12-3-6-14(7-4-12)30-10-18(2,27)17(26)23-13-5-8-16(24(28)29)15(9-13)19(20,21)22/h3-9,27H,10H2,1-2H3,(H,23,26)/t18-/m0/s1. The van der Waals surface area contributed by atoms with Gasteiger partial charge in [0.05, 0.1) is 4.92 Å². The van der Waals surface area contributed by atoms with Crippen LogP contribution in [0.25, 0.3) is 0 Å². The third-order valence-corrected chi connectivity index (χ3v) is 4.03. The van der Waals surface area contributed by atoms with Gasteiger partial charge in [0.25, 0.3) is 11.6 Å². The Bertz CT molecular complexity index is 971. The molecule has 0 heterocycles. The van der Waals surface area contributed by atoms with Crippen LogP contribution in [0.1, 0.15) is 29.8 Å². The molecule has 11 heteroatoms. The second-order valence-corrected chi connectivity index (χ2v) is 6.58. The molecule has 30 heavy (non-hydrogen) atoms. The topological polar surface area (TPSA) is 119 Å². The first kappa shape index (κ1) is 22.8. The molecule has 160 valence electrons. The maximum atomic E-state index is 13.0. The first-order chi connectivity index (χ1) is 13.8. The Balaban J connectivity index is 2.12. The van der Waals surface area contributed by atoms with Crippen molar-refractivity contribution >= 4 is 23.1 Å². The molecule has 1 atom stereocenters. The van der Waals surface area contributed by atoms with Gasteiger partial charge in [0, 0.05) is 17.3 Å². The molecule has 0 unspecified atom stereocenters. The van der Waals surface area contributed by atoms with Crippen molar-refractivity contribution in [1.29, 1.82) is 0 Å². The number of ketones is 1. The average molecular weight is 426 g/mol. The summed E-state index contributed by atoms with van der Waals surface area (Å²) in [5.74, 6) is -0.984. The molecule has 0 spiro atoms. The fraction of sp³-hybridized carbons (Fsp3) is 0.263. The summed E-state index contributed by atoms with van der Waals surface area (Å²) in [6.07, 6.45) is -5.01. The number of hydrogen-bond donors (Lipinski definition) is 2. The van der Waals surface area contributed by atoms with Crippen molar-refractivity contribution in [3.8, 4) is 5.75 Å². The van der Waals surface area contributed by atoms with E-state index in [0.717, 1.165) is 13.0 Å². The van der Waals surface area contributed by atoms with E-state index in [9.17, 15) is 38.0 Å². The van der Waals surface area contributed by atoms with Gasteiger partial charge in [-0.05, 0) is 50.2 Å². The summed E-state index contributed by atoms with van der Waals surface area (Å²) in [5, 5.41) is 23.2. The van der Waals surface area contributed by atoms with Gasteiger partial charge in [0.2, 0.25) is 0 Å². The van der Waals surface area contributed by atoms with E-state index >= 15 is 0 Å². The number of nitrogens with one attached hydrogen (secondary N) is 1. The number of carbonyl (C=O) groups excluding carboxylic acids is 2. The molecule has 0 aliphatic rings. The molecular formula is C19H17F3N2O6. The van der Waals surface area contributed by atoms with E-state index < -0.39 is 40.5 Å². The first-order valence-corrected chi connectivity index (χ1v) is 8.44. The fourth-order valence-corrected chi connectivity index (χ4v) is 2.34. The molecule has 0 aliphatic carbocycles. The van der Waals surface area contributed by atoms with Gasteiger partial charge in [-0.3, -0.25) is 19.7 Å². The number of rotatable bonds is 7. The first-order valence-electron chi connectivity index (χ1n) is 8.44. The van der Waals surface area contributed by atoms with Gasteiger partial charge in [-0.1, -0.05) is 0 Å². The number of hydrogen-bond acceptors (Lipinski definition) is 6. The molecule has 0 radical (unpaired) electrons. The normalized spacial score (nSPS) is 13.3. The minimum Gasteiger partial charge on any atom is -0.490 e. The summed E-state index contributed by atoms with van der Waals surface area (Å²) in [5.41, 5.74) is -4.79. The molecule has 1 amide bonds. The Morgan fingerprint density at radius 1 is 1.17 bits per heavy atom. The molecule has 2 aromatic rings. The molecule has 0 bridgehead atoms. The molecule has 0 aliphatic heterocycles. The zero-order chi connectivity index (χ0) is 22.7. The third kappa shape index (κ3) is 5.54. The number of benzene rings is 2. The summed E-state index contributed by atoms with van der Waals surface area (Å²) in [7, 11) is 0. The smallest absolute Gasteiger partial charge is 0.423 e. The minimum atomic E-state index is -5.01. The number of Topliss-reactive ketones (excluding diaryl/α,β-unsaturated/α-hetero) is 1. The second kappa shape index (κ2) is 8.49. The van der Waals surface area contributed by atoms with Crippen molar-refractivity contribution in [2.75, 3.05) is 11.9 Å². The SMILES string of the molecule is CC(=O)c1ccc(OC[C@](C)(O)C(=O)Nc2ccc([N+](=O)[O-])c(C(F)(F)F)c2)cc1. The highest BCUT2D eigenvalue weighted by atomic mass is 19.4. The monoisotopic (exact) mass is 426 g/mol. The number of nitro benzene ring substituents is 1. The number of nitrogens with zero attached hydrogens (tertiary/aromatic N) is 1. The van der Waals surface area contributed by atoms with E-state index in [1.807, 2.05) is 0 Å². The van der Waals surface area contributed by atoms with Gasteiger partial charge < -0.3 is 15.2 Å². The average Bonchev–Trinajstić information content (AvgIpc) is 2.65. The van der Waals surface area contributed by atoms with Crippen molar-refractivity contribution in [2.24, 2.45) is 0 Å². The third-order valence-electron chi connectivity index (χ3n) is 4.03. The van der Waals surface area contributed by atoms with Crippen LogP contribution in [0.3, 0.4) is 0 Å². The molecule has 0 aromatic heterocycles. The number of alkyl halides is 3. The maximum absolute atomic E-state index is 13.0. The fourth-order valence-electron chi connectivity index (χ4n) is 2.34. The van der Waals surface area contributed by atoms with Crippen molar-refractivity contribution in [3.05, 3.63) is 63.7 Å². The lowest BCUT2D eigenvalue weighted by Gasteiger charge is -2.23. The second-order valence-electron chi connectivity index (χ2n) is 6.58. The van der Waals surface area contributed by atoms with Crippen LogP contribution in [0.15, 0.2) is 42.5 Å². The lowest BCUT2D eigenvalue weighted by atomic mass is 10.1. The lowest BCUT2D eigenvalue weighted by molar-refractivity contribution is -0.388. The number of halogens is 3. The van der Waals surface area contributed by atoms with Gasteiger partial charge in [-0.15, -0.1) is 0 Å². The van der Waals surface area contributed by atoms with Crippen LogP contribution in [-0.4, -0.2) is 33.9 Å². The quantitative estimate of drug-likeness (QED) is 0.397. The molecule has 2 N–H and O–H groups in total. The summed E-state index contributed by atoms with van der Waals surface area (Å²) in [6.45, 7) is 1.92. The van der Waals surface area contributed by atoms with E-state index in [1.165, 1.54) is 31.2 Å². The Hall–Kier alpha value is -3.47. The summed E-state index contributed by atoms with van der Waals surface area (Å²) >= 11 is 0. The Labute approximate surface area is 168 Å². The van der Waals surface area contributed by atoms with E-state index in [0.29, 0.717) is 17.7 Å². The van der Waals surface area contributed by atoms with E-state index in [1.54, 1.807) is 0 Å². The van der Waals surface area contributed by atoms with Gasteiger partial charge in [0.1, 0.15) is 17.9 Å². The number of anilines is 1. The Morgan fingerprint density at radius 2 is 1.77 bits per heavy atom. The molecule has 0 saturated heterocycles. The van der Waals surface area contributed by atoms with Crippen molar-refractivity contribution in [3.63, 3.8) is 0 Å². The largest absolute Gasteiger partial charge is 0.490 e. The van der Waals surface area contributed by atoms with Crippen LogP contribution >= 0.6 is 0 Å². The maximum Gasteiger partial charge on any atom is 0.423 e. The van der Waals surface area contributed by atoms with Crippen LogP contribution < -0.4 is 10.1 Å². The molecule has 0 saturated carbocycles.